The van der Waals surface area contributed by atoms with E-state index < -0.39 is 5.60 Å². The highest BCUT2D eigenvalue weighted by Gasteiger charge is 2.22. The first kappa shape index (κ1) is 21.4. The molecule has 0 fully saturated rings. The van der Waals surface area contributed by atoms with Crippen LogP contribution in [0.15, 0.2) is 65.7 Å². The van der Waals surface area contributed by atoms with Crippen molar-refractivity contribution in [3.05, 3.63) is 71.8 Å². The van der Waals surface area contributed by atoms with Crippen molar-refractivity contribution in [2.24, 2.45) is 4.99 Å². The fourth-order valence-corrected chi connectivity index (χ4v) is 2.69. The molecule has 1 atom stereocenters. The standard InChI is InChI=1S/C22H30N4O2/c1-3-23-21(26-17-22(2,28)19-12-8-5-9-13-19)25-16-20(27)24-15-14-18-10-6-4-7-11-18/h4-13,28H,3,14-17H2,1-2H3,(H,24,27)(H2,23,25,26). The number of guanidine groups is 1. The van der Waals surface area contributed by atoms with Crippen LogP contribution in [0.5, 0.6) is 0 Å². The number of hydrogen-bond donors (Lipinski definition) is 4. The second-order valence-electron chi connectivity index (χ2n) is 6.77. The molecule has 0 aliphatic carbocycles. The van der Waals surface area contributed by atoms with Crippen LogP contribution in [0, 0.1) is 0 Å². The van der Waals surface area contributed by atoms with E-state index in [0.717, 1.165) is 12.0 Å². The lowest BCUT2D eigenvalue weighted by atomic mass is 9.96. The monoisotopic (exact) mass is 382 g/mol. The summed E-state index contributed by atoms with van der Waals surface area (Å²) in [5, 5.41) is 19.8. The quantitative estimate of drug-likeness (QED) is 0.394. The Kier molecular flexibility index (Phi) is 8.49. The molecule has 0 aliphatic rings. The highest BCUT2D eigenvalue weighted by Crippen LogP contribution is 2.18. The number of amides is 1. The topological polar surface area (TPSA) is 85.8 Å². The third kappa shape index (κ3) is 7.40. The molecule has 6 heteroatoms. The molecule has 0 heterocycles. The van der Waals surface area contributed by atoms with E-state index >= 15 is 0 Å². The molecule has 0 saturated carbocycles. The van der Waals surface area contributed by atoms with Crippen molar-refractivity contribution in [3.63, 3.8) is 0 Å². The van der Waals surface area contributed by atoms with E-state index in [1.807, 2.05) is 67.6 Å². The summed E-state index contributed by atoms with van der Waals surface area (Å²) in [7, 11) is 0. The van der Waals surface area contributed by atoms with Crippen molar-refractivity contribution < 1.29 is 9.90 Å². The molecule has 6 nitrogen and oxygen atoms in total. The molecule has 0 saturated heterocycles. The predicted molar refractivity (Wildman–Crippen MR) is 113 cm³/mol. The first-order valence-electron chi connectivity index (χ1n) is 9.62. The highest BCUT2D eigenvalue weighted by atomic mass is 16.3. The van der Waals surface area contributed by atoms with Crippen LogP contribution in [0.25, 0.3) is 0 Å². The largest absolute Gasteiger partial charge is 0.384 e. The summed E-state index contributed by atoms with van der Waals surface area (Å²) in [6.45, 7) is 5.23. The Morgan fingerprint density at radius 3 is 2.29 bits per heavy atom. The van der Waals surface area contributed by atoms with Gasteiger partial charge in [-0.3, -0.25) is 4.79 Å². The van der Waals surface area contributed by atoms with E-state index in [2.05, 4.69) is 20.9 Å². The van der Waals surface area contributed by atoms with E-state index in [-0.39, 0.29) is 19.0 Å². The highest BCUT2D eigenvalue weighted by molar-refractivity contribution is 5.84. The summed E-state index contributed by atoms with van der Waals surface area (Å²) in [5.41, 5.74) is 0.955. The fourth-order valence-electron chi connectivity index (χ4n) is 2.69. The van der Waals surface area contributed by atoms with E-state index in [9.17, 15) is 9.90 Å². The lowest BCUT2D eigenvalue weighted by Gasteiger charge is -2.25. The van der Waals surface area contributed by atoms with Gasteiger partial charge in [0.1, 0.15) is 12.1 Å². The molecule has 1 unspecified atom stereocenters. The number of hydrogen-bond acceptors (Lipinski definition) is 3. The Bertz CT molecular complexity index is 746. The van der Waals surface area contributed by atoms with Crippen LogP contribution in [0.2, 0.25) is 0 Å². The molecule has 28 heavy (non-hydrogen) atoms. The van der Waals surface area contributed by atoms with Crippen LogP contribution in [-0.4, -0.2) is 43.2 Å². The van der Waals surface area contributed by atoms with Gasteiger partial charge in [-0.2, -0.15) is 0 Å². The SMILES string of the molecule is CCNC(=NCC(=O)NCCc1ccccc1)NCC(C)(O)c1ccccc1. The van der Waals surface area contributed by atoms with Crippen molar-refractivity contribution in [2.75, 3.05) is 26.2 Å². The Morgan fingerprint density at radius 1 is 1.00 bits per heavy atom. The molecule has 1 amide bonds. The van der Waals surface area contributed by atoms with Gasteiger partial charge in [-0.1, -0.05) is 60.7 Å². The predicted octanol–water partition coefficient (Wildman–Crippen LogP) is 1.81. The van der Waals surface area contributed by atoms with Crippen molar-refractivity contribution in [3.8, 4) is 0 Å². The van der Waals surface area contributed by atoms with Crippen molar-refractivity contribution in [1.29, 1.82) is 0 Å². The average molecular weight is 383 g/mol. The zero-order chi connectivity index (χ0) is 20.2. The molecule has 2 aromatic rings. The van der Waals surface area contributed by atoms with Gasteiger partial charge in [0.05, 0.1) is 6.54 Å². The minimum Gasteiger partial charge on any atom is -0.384 e. The van der Waals surface area contributed by atoms with Gasteiger partial charge in [0.2, 0.25) is 5.91 Å². The van der Waals surface area contributed by atoms with Crippen LogP contribution >= 0.6 is 0 Å². The Labute approximate surface area is 167 Å². The van der Waals surface area contributed by atoms with Gasteiger partial charge in [0.25, 0.3) is 0 Å². The second kappa shape index (κ2) is 11.1. The van der Waals surface area contributed by atoms with Gasteiger partial charge < -0.3 is 21.1 Å². The summed E-state index contributed by atoms with van der Waals surface area (Å²) in [5.74, 6) is 0.361. The summed E-state index contributed by atoms with van der Waals surface area (Å²) < 4.78 is 0. The van der Waals surface area contributed by atoms with Crippen LogP contribution in [0.4, 0.5) is 0 Å². The second-order valence-corrected chi connectivity index (χ2v) is 6.77. The number of carbonyl (C=O) groups excluding carboxylic acids is 1. The molecule has 2 aromatic carbocycles. The Morgan fingerprint density at radius 2 is 1.64 bits per heavy atom. The first-order valence-corrected chi connectivity index (χ1v) is 9.62. The van der Waals surface area contributed by atoms with E-state index in [1.165, 1.54) is 5.56 Å². The molecule has 4 N–H and O–H groups in total. The first-order chi connectivity index (χ1) is 13.5. The van der Waals surface area contributed by atoms with Crippen LogP contribution in [0.3, 0.4) is 0 Å². The Balaban J connectivity index is 1.81. The lowest BCUT2D eigenvalue weighted by molar-refractivity contribution is -0.119. The summed E-state index contributed by atoms with van der Waals surface area (Å²) >= 11 is 0. The number of nitrogens with one attached hydrogen (secondary N) is 3. The van der Waals surface area contributed by atoms with Crippen LogP contribution in [0.1, 0.15) is 25.0 Å². The maximum Gasteiger partial charge on any atom is 0.241 e. The van der Waals surface area contributed by atoms with Gasteiger partial charge in [-0.15, -0.1) is 0 Å². The molecule has 0 radical (unpaired) electrons. The number of nitrogens with zero attached hydrogens (tertiary/aromatic N) is 1. The van der Waals surface area contributed by atoms with E-state index in [1.54, 1.807) is 6.92 Å². The molecule has 150 valence electrons. The minimum absolute atomic E-state index is 0.0254. The van der Waals surface area contributed by atoms with Crippen molar-refractivity contribution in [2.45, 2.75) is 25.9 Å². The van der Waals surface area contributed by atoms with Crippen molar-refractivity contribution >= 4 is 11.9 Å². The van der Waals surface area contributed by atoms with E-state index in [0.29, 0.717) is 19.0 Å². The zero-order valence-electron chi connectivity index (χ0n) is 16.6. The minimum atomic E-state index is -1.05. The molecule has 0 spiro atoms. The third-order valence-corrected chi connectivity index (χ3v) is 4.30. The van der Waals surface area contributed by atoms with Crippen LogP contribution < -0.4 is 16.0 Å². The molecular formula is C22H30N4O2. The smallest absolute Gasteiger partial charge is 0.241 e. The Hall–Kier alpha value is -2.86. The van der Waals surface area contributed by atoms with E-state index in [4.69, 9.17) is 0 Å². The summed E-state index contributed by atoms with van der Waals surface area (Å²) in [6, 6.07) is 19.5. The molecule has 2 rings (SSSR count). The number of rotatable bonds is 9. The summed E-state index contributed by atoms with van der Waals surface area (Å²) in [6.07, 6.45) is 0.786. The van der Waals surface area contributed by atoms with Gasteiger partial charge in [0.15, 0.2) is 5.96 Å². The van der Waals surface area contributed by atoms with Gasteiger partial charge in [0, 0.05) is 13.1 Å². The molecule has 0 aromatic heterocycles. The maximum atomic E-state index is 12.0. The third-order valence-electron chi connectivity index (χ3n) is 4.30. The van der Waals surface area contributed by atoms with Gasteiger partial charge in [-0.25, -0.2) is 4.99 Å². The average Bonchev–Trinajstić information content (AvgIpc) is 2.71. The van der Waals surface area contributed by atoms with Crippen molar-refractivity contribution in [1.82, 2.24) is 16.0 Å². The number of aliphatic imine (C=N–C) groups is 1. The fraction of sp³-hybridized carbons (Fsp3) is 0.364. The van der Waals surface area contributed by atoms with Gasteiger partial charge >= 0.3 is 0 Å². The zero-order valence-corrected chi connectivity index (χ0v) is 16.6. The number of aliphatic hydroxyl groups is 1. The number of carbonyl (C=O) groups is 1. The van der Waals surface area contributed by atoms with Crippen LogP contribution in [-0.2, 0) is 16.8 Å². The maximum absolute atomic E-state index is 12.0. The number of benzene rings is 2. The van der Waals surface area contributed by atoms with Gasteiger partial charge in [-0.05, 0) is 31.4 Å². The lowest BCUT2D eigenvalue weighted by Crippen LogP contribution is -2.45. The molecular weight excluding hydrogens is 352 g/mol. The molecule has 0 aliphatic heterocycles. The molecule has 0 bridgehead atoms. The summed E-state index contributed by atoms with van der Waals surface area (Å²) in [4.78, 5) is 16.3. The normalized spacial score (nSPS) is 13.5.